The zero-order valence-corrected chi connectivity index (χ0v) is 9.80. The normalized spacial score (nSPS) is 10.7. The second-order valence-corrected chi connectivity index (χ2v) is 3.53. The first kappa shape index (κ1) is 14.2. The Bertz CT molecular complexity index is 522. The minimum atomic E-state index is -4.99. The van der Waals surface area contributed by atoms with E-state index >= 15 is 0 Å². The molecule has 1 aromatic rings. The van der Waals surface area contributed by atoms with Gasteiger partial charge in [-0.3, -0.25) is 0 Å². The summed E-state index contributed by atoms with van der Waals surface area (Å²) in [6.45, 7) is 0. The summed E-state index contributed by atoms with van der Waals surface area (Å²) in [6.07, 6.45) is -4.99. The maximum atomic E-state index is 12.2. The summed E-state index contributed by atoms with van der Waals surface area (Å²) in [6, 6.07) is 3.60. The first-order valence-electron chi connectivity index (χ1n) is 4.39. The second-order valence-electron chi connectivity index (χ2n) is 3.02. The van der Waals surface area contributed by atoms with Crippen LogP contribution in [0.1, 0.15) is 15.9 Å². The van der Waals surface area contributed by atoms with Crippen molar-refractivity contribution >= 4 is 18.6 Å². The Morgan fingerprint density at radius 1 is 1.44 bits per heavy atom. The molecule has 0 saturated carbocycles. The van der Waals surface area contributed by atoms with Crippen LogP contribution >= 0.6 is 12.6 Å². The molecule has 0 unspecified atom stereocenters. The lowest BCUT2D eigenvalue weighted by molar-refractivity contribution is -0.274. The smallest absolute Gasteiger partial charge is 0.465 e. The van der Waals surface area contributed by atoms with Gasteiger partial charge in [0.15, 0.2) is 0 Å². The number of esters is 1. The Hall–Kier alpha value is -1.88. The highest BCUT2D eigenvalue weighted by Crippen LogP contribution is 2.31. The average molecular weight is 277 g/mol. The van der Waals surface area contributed by atoms with Crippen LogP contribution in [-0.4, -0.2) is 19.4 Å². The molecule has 0 atom stereocenters. The van der Waals surface area contributed by atoms with Gasteiger partial charge in [-0.2, -0.15) is 5.26 Å². The molecular formula is C10H6F3NO3S. The molecule has 4 nitrogen and oxygen atoms in total. The standard InChI is InChI=1S/C10H6F3NO3S/c1-16-9(15)8-5(4-14)2-6(18)3-7(8)17-10(11,12)13/h2-3,18H,1H3. The molecule has 0 amide bonds. The molecule has 0 aromatic heterocycles. The lowest BCUT2D eigenvalue weighted by Crippen LogP contribution is -2.20. The molecule has 0 aliphatic heterocycles. The maximum absolute atomic E-state index is 12.2. The van der Waals surface area contributed by atoms with E-state index in [0.29, 0.717) is 0 Å². The van der Waals surface area contributed by atoms with Gasteiger partial charge in [-0.1, -0.05) is 0 Å². The van der Waals surface area contributed by atoms with Crippen molar-refractivity contribution in [1.82, 2.24) is 0 Å². The Morgan fingerprint density at radius 3 is 2.50 bits per heavy atom. The monoisotopic (exact) mass is 277 g/mol. The zero-order chi connectivity index (χ0) is 13.9. The molecule has 1 aromatic carbocycles. The molecule has 96 valence electrons. The number of nitriles is 1. The number of halogens is 3. The van der Waals surface area contributed by atoms with Gasteiger partial charge in [0.1, 0.15) is 17.4 Å². The van der Waals surface area contributed by atoms with E-state index in [1.54, 1.807) is 6.07 Å². The predicted molar refractivity (Wildman–Crippen MR) is 56.4 cm³/mol. The van der Waals surface area contributed by atoms with Gasteiger partial charge in [0.2, 0.25) is 0 Å². The number of thiol groups is 1. The van der Waals surface area contributed by atoms with Crippen molar-refractivity contribution in [2.75, 3.05) is 7.11 Å². The van der Waals surface area contributed by atoms with E-state index in [2.05, 4.69) is 22.1 Å². The van der Waals surface area contributed by atoms with Gasteiger partial charge >= 0.3 is 12.3 Å². The van der Waals surface area contributed by atoms with E-state index in [0.717, 1.165) is 19.2 Å². The number of ether oxygens (including phenoxy) is 2. The number of nitrogens with zero attached hydrogens (tertiary/aromatic N) is 1. The Labute approximate surface area is 105 Å². The zero-order valence-electron chi connectivity index (χ0n) is 8.91. The van der Waals surface area contributed by atoms with Crippen molar-refractivity contribution in [3.8, 4) is 11.8 Å². The minimum Gasteiger partial charge on any atom is -0.465 e. The average Bonchev–Trinajstić information content (AvgIpc) is 2.25. The summed E-state index contributed by atoms with van der Waals surface area (Å²) >= 11 is 3.82. The SMILES string of the molecule is COC(=O)c1c(C#N)cc(S)cc1OC(F)(F)F. The third-order valence-corrected chi connectivity index (χ3v) is 2.08. The molecule has 18 heavy (non-hydrogen) atoms. The van der Waals surface area contributed by atoms with Crippen LogP contribution in [0.5, 0.6) is 5.75 Å². The fraction of sp³-hybridized carbons (Fsp3) is 0.200. The lowest BCUT2D eigenvalue weighted by atomic mass is 10.1. The number of methoxy groups -OCH3 is 1. The third-order valence-electron chi connectivity index (χ3n) is 1.82. The lowest BCUT2D eigenvalue weighted by Gasteiger charge is -2.13. The van der Waals surface area contributed by atoms with Gasteiger partial charge in [0.05, 0.1) is 12.7 Å². The first-order chi connectivity index (χ1) is 8.28. The third kappa shape index (κ3) is 3.30. The van der Waals surface area contributed by atoms with E-state index in [4.69, 9.17) is 5.26 Å². The number of alkyl halides is 3. The Kier molecular flexibility index (Phi) is 4.08. The van der Waals surface area contributed by atoms with Crippen LogP contribution in [0.3, 0.4) is 0 Å². The number of benzene rings is 1. The predicted octanol–water partition coefficient (Wildman–Crippen LogP) is 2.53. The first-order valence-corrected chi connectivity index (χ1v) is 4.84. The Balaban J connectivity index is 3.43. The van der Waals surface area contributed by atoms with Crippen molar-refractivity contribution in [2.24, 2.45) is 0 Å². The highest BCUT2D eigenvalue weighted by molar-refractivity contribution is 7.80. The Morgan fingerprint density at radius 2 is 2.06 bits per heavy atom. The van der Waals surface area contributed by atoms with E-state index in [1.165, 1.54) is 0 Å². The molecule has 0 fully saturated rings. The van der Waals surface area contributed by atoms with E-state index in [-0.39, 0.29) is 10.5 Å². The number of carbonyl (C=O) groups is 1. The van der Waals surface area contributed by atoms with Crippen molar-refractivity contribution in [2.45, 2.75) is 11.3 Å². The minimum absolute atomic E-state index is 0.0541. The molecule has 0 heterocycles. The fourth-order valence-electron chi connectivity index (χ4n) is 1.21. The van der Waals surface area contributed by atoms with E-state index in [9.17, 15) is 18.0 Å². The molecule has 0 N–H and O–H groups in total. The summed E-state index contributed by atoms with van der Waals surface area (Å²) in [5.74, 6) is -1.92. The van der Waals surface area contributed by atoms with Gasteiger partial charge in [0, 0.05) is 4.90 Å². The van der Waals surface area contributed by atoms with Crippen LogP contribution in [0.15, 0.2) is 17.0 Å². The molecule has 8 heteroatoms. The number of carbonyl (C=O) groups excluding carboxylic acids is 1. The largest absolute Gasteiger partial charge is 0.573 e. The van der Waals surface area contributed by atoms with Gasteiger partial charge in [-0.05, 0) is 12.1 Å². The molecule has 0 bridgehead atoms. The van der Waals surface area contributed by atoms with Crippen LogP contribution in [0.25, 0.3) is 0 Å². The van der Waals surface area contributed by atoms with Crippen molar-refractivity contribution < 1.29 is 27.4 Å². The molecule has 0 aliphatic carbocycles. The summed E-state index contributed by atoms with van der Waals surface area (Å²) in [5.41, 5.74) is -0.899. The van der Waals surface area contributed by atoms with Crippen LogP contribution in [0, 0.1) is 11.3 Å². The summed E-state index contributed by atoms with van der Waals surface area (Å²) in [4.78, 5) is 11.4. The quantitative estimate of drug-likeness (QED) is 0.666. The van der Waals surface area contributed by atoms with Gasteiger partial charge in [-0.25, -0.2) is 4.79 Å². The van der Waals surface area contributed by atoms with Crippen LogP contribution in [0.4, 0.5) is 13.2 Å². The highest BCUT2D eigenvalue weighted by atomic mass is 32.1. The van der Waals surface area contributed by atoms with E-state index < -0.39 is 23.6 Å². The van der Waals surface area contributed by atoms with E-state index in [1.807, 2.05) is 0 Å². The number of hydrogen-bond acceptors (Lipinski definition) is 5. The highest BCUT2D eigenvalue weighted by Gasteiger charge is 2.34. The maximum Gasteiger partial charge on any atom is 0.573 e. The number of hydrogen-bond donors (Lipinski definition) is 1. The summed E-state index contributed by atoms with van der Waals surface area (Å²) in [7, 11) is 0.982. The topological polar surface area (TPSA) is 59.3 Å². The molecule has 0 spiro atoms. The van der Waals surface area contributed by atoms with Gasteiger partial charge < -0.3 is 9.47 Å². The van der Waals surface area contributed by atoms with Crippen LogP contribution in [0.2, 0.25) is 0 Å². The number of rotatable bonds is 2. The van der Waals surface area contributed by atoms with Gasteiger partial charge in [-0.15, -0.1) is 25.8 Å². The van der Waals surface area contributed by atoms with Crippen molar-refractivity contribution in [1.29, 1.82) is 5.26 Å². The van der Waals surface area contributed by atoms with Crippen LogP contribution < -0.4 is 4.74 Å². The fourth-order valence-corrected chi connectivity index (χ4v) is 1.45. The molecule has 0 aliphatic rings. The van der Waals surface area contributed by atoms with Crippen molar-refractivity contribution in [3.05, 3.63) is 23.3 Å². The molecule has 0 saturated heterocycles. The van der Waals surface area contributed by atoms with Gasteiger partial charge in [0.25, 0.3) is 0 Å². The summed E-state index contributed by atoms with van der Waals surface area (Å²) < 4.78 is 44.5. The molecular weight excluding hydrogens is 271 g/mol. The van der Waals surface area contributed by atoms with Crippen LogP contribution in [-0.2, 0) is 4.74 Å². The molecule has 0 radical (unpaired) electrons. The second kappa shape index (κ2) is 5.18. The molecule has 1 rings (SSSR count). The summed E-state index contributed by atoms with van der Waals surface area (Å²) in [5, 5.41) is 8.78. The van der Waals surface area contributed by atoms with Crippen molar-refractivity contribution in [3.63, 3.8) is 0 Å².